The first-order chi connectivity index (χ1) is 10.6. The van der Waals surface area contributed by atoms with Gasteiger partial charge >= 0.3 is 0 Å². The third-order valence-corrected chi connectivity index (χ3v) is 5.15. The van der Waals surface area contributed by atoms with E-state index < -0.39 is 0 Å². The minimum atomic E-state index is -0.0320. The maximum Gasteiger partial charge on any atom is 0.236 e. The monoisotopic (exact) mass is 324 g/mol. The van der Waals surface area contributed by atoms with Crippen LogP contribution in [0.2, 0.25) is 0 Å². The van der Waals surface area contributed by atoms with Crippen molar-refractivity contribution in [3.05, 3.63) is 23.8 Å². The van der Waals surface area contributed by atoms with Crippen LogP contribution in [-0.2, 0) is 4.79 Å². The Kier molecular flexibility index (Phi) is 5.97. The number of hydrogen-bond donors (Lipinski definition) is 1. The van der Waals surface area contributed by atoms with Gasteiger partial charge in [-0.25, -0.2) is 0 Å². The summed E-state index contributed by atoms with van der Waals surface area (Å²) in [4.78, 5) is 14.4. The second-order valence-electron chi connectivity index (χ2n) is 5.23. The number of nitrogens with one attached hydrogen (secondary N) is 1. The van der Waals surface area contributed by atoms with E-state index in [0.717, 1.165) is 36.6 Å². The maximum atomic E-state index is 12.4. The fourth-order valence-corrected chi connectivity index (χ4v) is 3.93. The van der Waals surface area contributed by atoms with Gasteiger partial charge in [0.2, 0.25) is 5.91 Å². The number of ether oxygens (including phenoxy) is 2. The highest BCUT2D eigenvalue weighted by atomic mass is 32.2. The molecule has 1 aliphatic rings. The van der Waals surface area contributed by atoms with Crippen molar-refractivity contribution >= 4 is 17.7 Å². The first-order valence-corrected chi connectivity index (χ1v) is 8.39. The number of thioether (sulfide) groups is 1. The van der Waals surface area contributed by atoms with Crippen molar-refractivity contribution in [1.29, 1.82) is 0 Å². The molecule has 0 saturated carbocycles. The van der Waals surface area contributed by atoms with Gasteiger partial charge in [-0.05, 0) is 45.1 Å². The highest BCUT2D eigenvalue weighted by Gasteiger charge is 2.39. The van der Waals surface area contributed by atoms with E-state index in [0.29, 0.717) is 0 Å². The van der Waals surface area contributed by atoms with Gasteiger partial charge in [0.15, 0.2) is 0 Å². The van der Waals surface area contributed by atoms with Gasteiger partial charge in [-0.15, -0.1) is 11.8 Å². The predicted octanol–water partition coefficient (Wildman–Crippen LogP) is 2.28. The summed E-state index contributed by atoms with van der Waals surface area (Å²) >= 11 is 1.66. The van der Waals surface area contributed by atoms with E-state index in [4.69, 9.17) is 9.47 Å². The lowest BCUT2D eigenvalue weighted by atomic mass is 10.1. The quantitative estimate of drug-likeness (QED) is 0.780. The van der Waals surface area contributed by atoms with Crippen molar-refractivity contribution in [2.75, 3.05) is 34.4 Å². The van der Waals surface area contributed by atoms with Crippen LogP contribution in [0.1, 0.15) is 24.3 Å². The average Bonchev–Trinajstić information content (AvgIpc) is 2.82. The molecular weight excluding hydrogens is 300 g/mol. The van der Waals surface area contributed by atoms with E-state index in [1.807, 2.05) is 37.1 Å². The molecule has 1 heterocycles. The normalized spacial score (nSPS) is 21.3. The molecule has 0 bridgehead atoms. The van der Waals surface area contributed by atoms with Gasteiger partial charge in [0.25, 0.3) is 0 Å². The van der Waals surface area contributed by atoms with Gasteiger partial charge in [-0.2, -0.15) is 0 Å². The molecule has 6 heteroatoms. The average molecular weight is 324 g/mol. The molecule has 1 saturated heterocycles. The SMILES string of the molecule is CNCCCN1C(=O)[C@@H](C)S[C@@H]1c1cc(OC)ccc1OC. The summed E-state index contributed by atoms with van der Waals surface area (Å²) in [6.07, 6.45) is 0.929. The van der Waals surface area contributed by atoms with E-state index in [9.17, 15) is 4.79 Å². The molecule has 0 aromatic heterocycles. The molecule has 0 aliphatic carbocycles. The summed E-state index contributed by atoms with van der Waals surface area (Å²) in [7, 11) is 5.22. The minimum absolute atomic E-state index is 0.0237. The number of rotatable bonds is 7. The number of carbonyl (C=O) groups excluding carboxylic acids is 1. The zero-order chi connectivity index (χ0) is 16.1. The molecule has 5 nitrogen and oxygen atoms in total. The number of nitrogens with zero attached hydrogens (tertiary/aromatic N) is 1. The van der Waals surface area contributed by atoms with Crippen molar-refractivity contribution in [3.8, 4) is 11.5 Å². The van der Waals surface area contributed by atoms with Crippen LogP contribution in [0.15, 0.2) is 18.2 Å². The third-order valence-electron chi connectivity index (χ3n) is 3.78. The largest absolute Gasteiger partial charge is 0.497 e. The number of benzene rings is 1. The van der Waals surface area contributed by atoms with E-state index in [1.165, 1.54) is 0 Å². The zero-order valence-electron chi connectivity index (χ0n) is 13.6. The van der Waals surface area contributed by atoms with Crippen molar-refractivity contribution in [2.45, 2.75) is 24.0 Å². The summed E-state index contributed by atoms with van der Waals surface area (Å²) in [5.74, 6) is 1.76. The Morgan fingerprint density at radius 1 is 1.32 bits per heavy atom. The molecule has 2 rings (SSSR count). The van der Waals surface area contributed by atoms with Gasteiger partial charge in [-0.3, -0.25) is 4.79 Å². The molecule has 122 valence electrons. The summed E-state index contributed by atoms with van der Waals surface area (Å²) in [5, 5.41) is 3.07. The first-order valence-electron chi connectivity index (χ1n) is 7.44. The van der Waals surface area contributed by atoms with Crippen LogP contribution in [0.25, 0.3) is 0 Å². The molecule has 0 spiro atoms. The topological polar surface area (TPSA) is 50.8 Å². The Bertz CT molecular complexity index is 524. The van der Waals surface area contributed by atoms with Crippen LogP contribution in [0.3, 0.4) is 0 Å². The fraction of sp³-hybridized carbons (Fsp3) is 0.562. The number of carbonyl (C=O) groups is 1. The fourth-order valence-electron chi connectivity index (χ4n) is 2.60. The van der Waals surface area contributed by atoms with Crippen LogP contribution in [0.5, 0.6) is 11.5 Å². The van der Waals surface area contributed by atoms with E-state index in [1.54, 1.807) is 26.0 Å². The summed E-state index contributed by atoms with van der Waals surface area (Å²) < 4.78 is 10.8. The second kappa shape index (κ2) is 7.74. The predicted molar refractivity (Wildman–Crippen MR) is 89.6 cm³/mol. The standard InChI is InChI=1S/C16H24N2O3S/c1-11-15(19)18(9-5-8-17-2)16(22-11)13-10-12(20-3)6-7-14(13)21-4/h6-7,10-11,16-17H,5,8-9H2,1-4H3/t11-,16-/m1/s1. The number of amides is 1. The molecular formula is C16H24N2O3S. The molecule has 1 N–H and O–H groups in total. The lowest BCUT2D eigenvalue weighted by Gasteiger charge is -2.25. The first kappa shape index (κ1) is 17.0. The molecule has 0 radical (unpaired) electrons. The zero-order valence-corrected chi connectivity index (χ0v) is 14.4. The molecule has 1 fully saturated rings. The summed E-state index contributed by atoms with van der Waals surface area (Å²) in [6.45, 7) is 3.59. The van der Waals surface area contributed by atoms with Gasteiger partial charge in [0.1, 0.15) is 16.9 Å². The van der Waals surface area contributed by atoms with E-state index in [2.05, 4.69) is 5.32 Å². The highest BCUT2D eigenvalue weighted by molar-refractivity contribution is 8.01. The van der Waals surface area contributed by atoms with Crippen molar-refractivity contribution < 1.29 is 14.3 Å². The van der Waals surface area contributed by atoms with Crippen LogP contribution in [0.4, 0.5) is 0 Å². The Morgan fingerprint density at radius 2 is 2.09 bits per heavy atom. The van der Waals surface area contributed by atoms with Crippen LogP contribution >= 0.6 is 11.8 Å². The molecule has 1 aliphatic heterocycles. The van der Waals surface area contributed by atoms with E-state index in [-0.39, 0.29) is 16.5 Å². The van der Waals surface area contributed by atoms with E-state index >= 15 is 0 Å². The molecule has 22 heavy (non-hydrogen) atoms. The molecule has 1 aromatic carbocycles. The van der Waals surface area contributed by atoms with Gasteiger partial charge in [0, 0.05) is 12.1 Å². The van der Waals surface area contributed by atoms with Crippen LogP contribution < -0.4 is 14.8 Å². The third kappa shape index (κ3) is 3.50. The number of hydrogen-bond acceptors (Lipinski definition) is 5. The lowest BCUT2D eigenvalue weighted by Crippen LogP contribution is -2.32. The lowest BCUT2D eigenvalue weighted by molar-refractivity contribution is -0.129. The molecule has 2 atom stereocenters. The highest BCUT2D eigenvalue weighted by Crippen LogP contribution is 2.46. The summed E-state index contributed by atoms with van der Waals surface area (Å²) in [6, 6.07) is 5.74. The maximum absolute atomic E-state index is 12.4. The molecule has 1 aromatic rings. The Hall–Kier alpha value is -1.40. The van der Waals surface area contributed by atoms with Gasteiger partial charge < -0.3 is 19.7 Å². The Balaban J connectivity index is 2.29. The smallest absolute Gasteiger partial charge is 0.236 e. The van der Waals surface area contributed by atoms with Crippen LogP contribution in [0, 0.1) is 0 Å². The van der Waals surface area contributed by atoms with Crippen molar-refractivity contribution in [1.82, 2.24) is 10.2 Å². The van der Waals surface area contributed by atoms with Crippen molar-refractivity contribution in [2.24, 2.45) is 0 Å². The second-order valence-corrected chi connectivity index (χ2v) is 6.65. The Labute approximate surface area is 136 Å². The number of methoxy groups -OCH3 is 2. The van der Waals surface area contributed by atoms with Gasteiger partial charge in [0.05, 0.1) is 19.5 Å². The molecule has 0 unspecified atom stereocenters. The Morgan fingerprint density at radius 3 is 2.73 bits per heavy atom. The summed E-state index contributed by atoms with van der Waals surface area (Å²) in [5.41, 5.74) is 0.994. The van der Waals surface area contributed by atoms with Gasteiger partial charge in [-0.1, -0.05) is 0 Å². The van der Waals surface area contributed by atoms with Crippen LogP contribution in [-0.4, -0.2) is 50.4 Å². The molecule has 1 amide bonds. The minimum Gasteiger partial charge on any atom is -0.497 e. The van der Waals surface area contributed by atoms with Crippen molar-refractivity contribution in [3.63, 3.8) is 0 Å².